The lowest BCUT2D eigenvalue weighted by Crippen LogP contribution is -2.29. The van der Waals surface area contributed by atoms with Crippen LogP contribution in [0, 0.1) is 17.2 Å². The standard InChI is InChI=1S/C19H19F3N2O3S/c1-13(2)10-18(15-5-3-4-14(11-15)12-23)24-28(25,26)17-8-6-16(7-9-17)27-19(20,21)22/h3-9,11,13,18,24H,10H2,1-2H3. The summed E-state index contributed by atoms with van der Waals surface area (Å²) in [5.41, 5.74) is 1.03. The maximum Gasteiger partial charge on any atom is 0.573 e. The summed E-state index contributed by atoms with van der Waals surface area (Å²) < 4.78 is 68.5. The highest BCUT2D eigenvalue weighted by Gasteiger charge is 2.31. The minimum Gasteiger partial charge on any atom is -0.406 e. The van der Waals surface area contributed by atoms with Gasteiger partial charge in [0.25, 0.3) is 0 Å². The molecule has 0 aliphatic carbocycles. The van der Waals surface area contributed by atoms with E-state index >= 15 is 0 Å². The zero-order chi connectivity index (χ0) is 20.9. The number of alkyl halides is 3. The molecule has 2 aromatic carbocycles. The molecule has 2 aromatic rings. The molecule has 1 atom stereocenters. The lowest BCUT2D eigenvalue weighted by molar-refractivity contribution is -0.274. The van der Waals surface area contributed by atoms with Gasteiger partial charge in [-0.25, -0.2) is 13.1 Å². The molecular weight excluding hydrogens is 393 g/mol. The van der Waals surface area contributed by atoms with Crippen LogP contribution < -0.4 is 9.46 Å². The molecule has 0 aromatic heterocycles. The van der Waals surface area contributed by atoms with Crippen molar-refractivity contribution in [2.45, 2.75) is 37.6 Å². The Morgan fingerprint density at radius 2 is 1.79 bits per heavy atom. The Morgan fingerprint density at radius 1 is 1.14 bits per heavy atom. The zero-order valence-corrected chi connectivity index (χ0v) is 16.0. The SMILES string of the molecule is CC(C)CC(NS(=O)(=O)c1ccc(OC(F)(F)F)cc1)c1cccc(C#N)c1. The lowest BCUT2D eigenvalue weighted by Gasteiger charge is -2.21. The molecule has 1 N–H and O–H groups in total. The second-order valence-corrected chi connectivity index (χ2v) is 8.27. The fourth-order valence-electron chi connectivity index (χ4n) is 2.62. The third-order valence-corrected chi connectivity index (χ3v) is 5.28. The van der Waals surface area contributed by atoms with Crippen molar-refractivity contribution < 1.29 is 26.3 Å². The van der Waals surface area contributed by atoms with Gasteiger partial charge in [-0.1, -0.05) is 26.0 Å². The molecule has 28 heavy (non-hydrogen) atoms. The third kappa shape index (κ3) is 6.25. The molecule has 1 unspecified atom stereocenters. The van der Waals surface area contributed by atoms with Crippen molar-refractivity contribution in [1.29, 1.82) is 5.26 Å². The van der Waals surface area contributed by atoms with Crippen LogP contribution in [0.3, 0.4) is 0 Å². The molecule has 0 fully saturated rings. The first-order valence-corrected chi connectivity index (χ1v) is 9.86. The summed E-state index contributed by atoms with van der Waals surface area (Å²) in [6.45, 7) is 3.86. The number of ether oxygens (including phenoxy) is 1. The van der Waals surface area contributed by atoms with Crippen molar-refractivity contribution in [3.8, 4) is 11.8 Å². The Hall–Kier alpha value is -2.57. The number of hydrogen-bond acceptors (Lipinski definition) is 4. The number of benzene rings is 2. The van der Waals surface area contributed by atoms with Crippen LogP contribution in [0.25, 0.3) is 0 Å². The molecule has 0 saturated heterocycles. The first-order chi connectivity index (χ1) is 13.0. The molecule has 2 rings (SSSR count). The van der Waals surface area contributed by atoms with Gasteiger partial charge in [0.1, 0.15) is 5.75 Å². The lowest BCUT2D eigenvalue weighted by atomic mass is 9.97. The minimum atomic E-state index is -4.85. The van der Waals surface area contributed by atoms with Crippen LogP contribution in [0.2, 0.25) is 0 Å². The monoisotopic (exact) mass is 412 g/mol. The van der Waals surface area contributed by atoms with Gasteiger partial charge in [-0.15, -0.1) is 13.2 Å². The van der Waals surface area contributed by atoms with Crippen LogP contribution in [0.5, 0.6) is 5.75 Å². The van der Waals surface area contributed by atoms with Crippen molar-refractivity contribution in [2.24, 2.45) is 5.92 Å². The van der Waals surface area contributed by atoms with Gasteiger partial charge in [0.15, 0.2) is 0 Å². The first kappa shape index (κ1) is 21.7. The molecule has 0 heterocycles. The van der Waals surface area contributed by atoms with Gasteiger partial charge in [-0.05, 0) is 54.3 Å². The van der Waals surface area contributed by atoms with E-state index in [0.717, 1.165) is 24.3 Å². The Kier molecular flexibility index (Phi) is 6.69. The second kappa shape index (κ2) is 8.63. The molecule has 5 nitrogen and oxygen atoms in total. The molecule has 0 aliphatic rings. The average molecular weight is 412 g/mol. The molecule has 0 radical (unpaired) electrons. The Labute approximate surface area is 161 Å². The van der Waals surface area contributed by atoms with Crippen molar-refractivity contribution >= 4 is 10.0 Å². The van der Waals surface area contributed by atoms with Gasteiger partial charge in [0.05, 0.1) is 16.5 Å². The number of nitrogens with zero attached hydrogens (tertiary/aromatic N) is 1. The van der Waals surface area contributed by atoms with Crippen LogP contribution in [0.4, 0.5) is 13.2 Å². The highest BCUT2D eigenvalue weighted by atomic mass is 32.2. The van der Waals surface area contributed by atoms with Gasteiger partial charge < -0.3 is 4.74 Å². The Balaban J connectivity index is 2.28. The zero-order valence-electron chi connectivity index (χ0n) is 15.2. The van der Waals surface area contributed by atoms with E-state index in [-0.39, 0.29) is 10.8 Å². The van der Waals surface area contributed by atoms with Crippen molar-refractivity contribution in [1.82, 2.24) is 4.72 Å². The number of hydrogen-bond donors (Lipinski definition) is 1. The number of nitriles is 1. The molecule has 0 aliphatic heterocycles. The van der Waals surface area contributed by atoms with Crippen molar-refractivity contribution in [3.63, 3.8) is 0 Å². The summed E-state index contributed by atoms with van der Waals surface area (Å²) >= 11 is 0. The van der Waals surface area contributed by atoms with Crippen LogP contribution in [-0.2, 0) is 10.0 Å². The van der Waals surface area contributed by atoms with Crippen LogP contribution in [0.15, 0.2) is 53.4 Å². The first-order valence-electron chi connectivity index (χ1n) is 8.38. The minimum absolute atomic E-state index is 0.154. The van der Waals surface area contributed by atoms with Crippen LogP contribution in [0.1, 0.15) is 37.4 Å². The predicted octanol–water partition coefficient (Wildman–Crippen LogP) is 4.52. The molecule has 150 valence electrons. The summed E-state index contributed by atoms with van der Waals surface area (Å²) in [5.74, 6) is -0.354. The van der Waals surface area contributed by atoms with Crippen LogP contribution >= 0.6 is 0 Å². The largest absolute Gasteiger partial charge is 0.573 e. The fourth-order valence-corrected chi connectivity index (χ4v) is 3.86. The van der Waals surface area contributed by atoms with E-state index < -0.39 is 28.2 Å². The van der Waals surface area contributed by atoms with Gasteiger partial charge >= 0.3 is 6.36 Å². The summed E-state index contributed by atoms with van der Waals surface area (Å²) in [7, 11) is -4.00. The molecule has 0 spiro atoms. The highest BCUT2D eigenvalue weighted by Crippen LogP contribution is 2.27. The topological polar surface area (TPSA) is 79.2 Å². The number of rotatable bonds is 7. The van der Waals surface area contributed by atoms with E-state index in [9.17, 15) is 21.6 Å². The van der Waals surface area contributed by atoms with Gasteiger partial charge in [-0.2, -0.15) is 5.26 Å². The van der Waals surface area contributed by atoms with Crippen LogP contribution in [-0.4, -0.2) is 14.8 Å². The second-order valence-electron chi connectivity index (χ2n) is 6.56. The maximum absolute atomic E-state index is 12.7. The number of sulfonamides is 1. The van der Waals surface area contributed by atoms with E-state index in [1.165, 1.54) is 0 Å². The summed E-state index contributed by atoms with van der Waals surface area (Å²) in [5, 5.41) is 9.06. The van der Waals surface area contributed by atoms with E-state index in [4.69, 9.17) is 5.26 Å². The molecule has 0 bridgehead atoms. The van der Waals surface area contributed by atoms with Crippen molar-refractivity contribution in [3.05, 3.63) is 59.7 Å². The number of nitrogens with one attached hydrogen (secondary N) is 1. The van der Waals surface area contributed by atoms with E-state index in [1.807, 2.05) is 19.9 Å². The van der Waals surface area contributed by atoms with Crippen molar-refractivity contribution in [2.75, 3.05) is 0 Å². The van der Waals surface area contributed by atoms with E-state index in [1.54, 1.807) is 24.3 Å². The van der Waals surface area contributed by atoms with E-state index in [0.29, 0.717) is 17.5 Å². The number of halogens is 3. The molecule has 9 heteroatoms. The van der Waals surface area contributed by atoms with E-state index in [2.05, 4.69) is 9.46 Å². The predicted molar refractivity (Wildman–Crippen MR) is 96.8 cm³/mol. The summed E-state index contributed by atoms with van der Waals surface area (Å²) in [4.78, 5) is -0.188. The quantitative estimate of drug-likeness (QED) is 0.725. The molecule has 0 amide bonds. The summed E-state index contributed by atoms with van der Waals surface area (Å²) in [6.07, 6.45) is -4.38. The summed E-state index contributed by atoms with van der Waals surface area (Å²) in [6, 6.07) is 12.0. The fraction of sp³-hybridized carbons (Fsp3) is 0.316. The molecular formula is C19H19F3N2O3S. The van der Waals surface area contributed by atoms with Gasteiger partial charge in [0.2, 0.25) is 10.0 Å². The molecule has 0 saturated carbocycles. The maximum atomic E-state index is 12.7. The highest BCUT2D eigenvalue weighted by molar-refractivity contribution is 7.89. The van der Waals surface area contributed by atoms with Gasteiger partial charge in [-0.3, -0.25) is 0 Å². The average Bonchev–Trinajstić information content (AvgIpc) is 2.59. The Bertz CT molecular complexity index is 950. The third-order valence-electron chi connectivity index (χ3n) is 3.79. The smallest absolute Gasteiger partial charge is 0.406 e. The normalized spacial score (nSPS) is 13.2. The van der Waals surface area contributed by atoms with Gasteiger partial charge in [0, 0.05) is 6.04 Å². The Morgan fingerprint density at radius 3 is 2.32 bits per heavy atom.